The first-order valence-electron chi connectivity index (χ1n) is 9.11. The van der Waals surface area contributed by atoms with Gasteiger partial charge in [0.2, 0.25) is 0 Å². The minimum Gasteiger partial charge on any atom is -0.481 e. The van der Waals surface area contributed by atoms with Crippen LogP contribution >= 0.6 is 0 Å². The van der Waals surface area contributed by atoms with E-state index in [0.717, 1.165) is 48.8 Å². The lowest BCUT2D eigenvalue weighted by molar-refractivity contribution is -0.136. The normalized spacial score (nSPS) is 11.9. The molecule has 0 spiro atoms. The molecule has 4 heteroatoms. The minimum atomic E-state index is -0.877. The van der Waals surface area contributed by atoms with E-state index in [0.29, 0.717) is 11.5 Å². The molecule has 2 aromatic rings. The van der Waals surface area contributed by atoms with Gasteiger partial charge in [0, 0.05) is 0 Å². The number of aromatic carboxylic acids is 1. The highest BCUT2D eigenvalue weighted by molar-refractivity contribution is 5.89. The molecule has 0 amide bonds. The summed E-state index contributed by atoms with van der Waals surface area (Å²) in [6.45, 7) is 2.13. The molecule has 0 radical (unpaired) electrons. The van der Waals surface area contributed by atoms with E-state index in [4.69, 9.17) is 5.11 Å². The Morgan fingerprint density at radius 3 is 2.15 bits per heavy atom. The highest BCUT2D eigenvalue weighted by Gasteiger charge is 2.14. The Balaban J connectivity index is 1.96. The second-order valence-electron chi connectivity index (χ2n) is 6.67. The molecule has 0 bridgehead atoms. The van der Waals surface area contributed by atoms with Gasteiger partial charge in [-0.2, -0.15) is 0 Å². The maximum absolute atomic E-state index is 11.4. The Hall–Kier alpha value is -2.62. The van der Waals surface area contributed by atoms with E-state index in [1.54, 1.807) is 12.1 Å². The number of rotatable bonds is 10. The third-order valence-electron chi connectivity index (χ3n) is 4.85. The standard InChI is InChI=1S/C22H26O4/c1-2-16(14-19-11-5-6-13-20(19)22(25)26)8-7-12-17-9-3-4-10-18(17)15-21(23)24/h3-6,9-11,13,16H,2,7-8,12,14-15H2,1H3,(H,23,24)(H,25,26). The molecule has 138 valence electrons. The van der Waals surface area contributed by atoms with Gasteiger partial charge in [-0.1, -0.05) is 55.8 Å². The predicted molar refractivity (Wildman–Crippen MR) is 102 cm³/mol. The van der Waals surface area contributed by atoms with Gasteiger partial charge >= 0.3 is 11.9 Å². The van der Waals surface area contributed by atoms with Gasteiger partial charge < -0.3 is 10.2 Å². The van der Waals surface area contributed by atoms with Crippen LogP contribution in [0.4, 0.5) is 0 Å². The molecular weight excluding hydrogens is 328 g/mol. The van der Waals surface area contributed by atoms with Gasteiger partial charge in [0.25, 0.3) is 0 Å². The highest BCUT2D eigenvalue weighted by atomic mass is 16.4. The van der Waals surface area contributed by atoms with Crippen molar-refractivity contribution in [2.75, 3.05) is 0 Å². The van der Waals surface area contributed by atoms with Crippen LogP contribution < -0.4 is 0 Å². The Kier molecular flexibility index (Phi) is 7.39. The number of carboxylic acid groups (broad SMARTS) is 2. The molecular formula is C22H26O4. The van der Waals surface area contributed by atoms with Crippen LogP contribution in [0.25, 0.3) is 0 Å². The van der Waals surface area contributed by atoms with Gasteiger partial charge in [0.1, 0.15) is 0 Å². The molecule has 0 saturated heterocycles. The van der Waals surface area contributed by atoms with E-state index in [9.17, 15) is 14.7 Å². The first-order valence-corrected chi connectivity index (χ1v) is 9.11. The fourth-order valence-corrected chi connectivity index (χ4v) is 3.39. The number of aryl methyl sites for hydroxylation is 1. The van der Waals surface area contributed by atoms with Gasteiger partial charge in [-0.25, -0.2) is 4.79 Å². The van der Waals surface area contributed by atoms with Crippen LogP contribution in [-0.2, 0) is 24.1 Å². The van der Waals surface area contributed by atoms with Crippen molar-refractivity contribution >= 4 is 11.9 Å². The predicted octanol–water partition coefficient (Wildman–Crippen LogP) is 4.60. The van der Waals surface area contributed by atoms with E-state index < -0.39 is 11.9 Å². The SMILES string of the molecule is CCC(CCCc1ccccc1CC(=O)O)Cc1ccccc1C(=O)O. The van der Waals surface area contributed by atoms with E-state index >= 15 is 0 Å². The van der Waals surface area contributed by atoms with Crippen molar-refractivity contribution in [3.8, 4) is 0 Å². The zero-order valence-corrected chi connectivity index (χ0v) is 15.1. The summed E-state index contributed by atoms with van der Waals surface area (Å²) in [6.07, 6.45) is 4.61. The molecule has 2 N–H and O–H groups in total. The van der Waals surface area contributed by atoms with Crippen LogP contribution in [0.1, 0.15) is 53.2 Å². The molecule has 0 fully saturated rings. The molecule has 0 heterocycles. The molecule has 0 aliphatic carbocycles. The van der Waals surface area contributed by atoms with E-state index in [1.165, 1.54) is 0 Å². The summed E-state index contributed by atoms with van der Waals surface area (Å²) in [5, 5.41) is 18.4. The monoisotopic (exact) mass is 354 g/mol. The summed E-state index contributed by atoms with van der Waals surface area (Å²) in [4.78, 5) is 22.4. The fourth-order valence-electron chi connectivity index (χ4n) is 3.39. The maximum atomic E-state index is 11.4. The zero-order valence-electron chi connectivity index (χ0n) is 15.1. The van der Waals surface area contributed by atoms with Gasteiger partial charge in [-0.15, -0.1) is 0 Å². The molecule has 4 nitrogen and oxygen atoms in total. The van der Waals surface area contributed by atoms with Crippen LogP contribution in [0.2, 0.25) is 0 Å². The highest BCUT2D eigenvalue weighted by Crippen LogP contribution is 2.22. The number of hydrogen-bond donors (Lipinski definition) is 2. The van der Waals surface area contributed by atoms with E-state index in [-0.39, 0.29) is 6.42 Å². The van der Waals surface area contributed by atoms with Crippen molar-refractivity contribution < 1.29 is 19.8 Å². The average Bonchev–Trinajstić information content (AvgIpc) is 2.62. The molecule has 0 saturated carbocycles. The van der Waals surface area contributed by atoms with Crippen LogP contribution in [0.3, 0.4) is 0 Å². The van der Waals surface area contributed by atoms with Crippen molar-refractivity contribution in [1.82, 2.24) is 0 Å². The van der Waals surface area contributed by atoms with E-state index in [2.05, 4.69) is 6.92 Å². The van der Waals surface area contributed by atoms with Gasteiger partial charge in [-0.3, -0.25) is 4.79 Å². The molecule has 0 aliphatic heterocycles. The van der Waals surface area contributed by atoms with Crippen molar-refractivity contribution in [3.63, 3.8) is 0 Å². The van der Waals surface area contributed by atoms with Gasteiger partial charge in [0.15, 0.2) is 0 Å². The first-order chi connectivity index (χ1) is 12.5. The first kappa shape index (κ1) is 19.7. The summed E-state index contributed by atoms with van der Waals surface area (Å²) in [6, 6.07) is 14.9. The average molecular weight is 354 g/mol. The second-order valence-corrected chi connectivity index (χ2v) is 6.67. The third kappa shape index (κ3) is 5.73. The van der Waals surface area contributed by atoms with Crippen molar-refractivity contribution in [3.05, 3.63) is 70.8 Å². The molecule has 0 aliphatic rings. The number of benzene rings is 2. The minimum absolute atomic E-state index is 0.0549. The van der Waals surface area contributed by atoms with Crippen molar-refractivity contribution in [2.45, 2.75) is 45.4 Å². The quantitative estimate of drug-likeness (QED) is 0.654. The molecule has 1 unspecified atom stereocenters. The summed E-state index contributed by atoms with van der Waals surface area (Å²) >= 11 is 0. The molecule has 2 aromatic carbocycles. The lowest BCUT2D eigenvalue weighted by Crippen LogP contribution is -2.09. The molecule has 26 heavy (non-hydrogen) atoms. The Labute approximate surface area is 154 Å². The maximum Gasteiger partial charge on any atom is 0.335 e. The summed E-state index contributed by atoms with van der Waals surface area (Å²) in [7, 11) is 0. The van der Waals surface area contributed by atoms with Crippen LogP contribution in [-0.4, -0.2) is 22.2 Å². The summed E-state index contributed by atoms with van der Waals surface area (Å²) < 4.78 is 0. The van der Waals surface area contributed by atoms with Crippen LogP contribution in [0.15, 0.2) is 48.5 Å². The van der Waals surface area contributed by atoms with Crippen molar-refractivity contribution in [1.29, 1.82) is 0 Å². The zero-order chi connectivity index (χ0) is 18.9. The molecule has 1 atom stereocenters. The Morgan fingerprint density at radius 1 is 0.923 bits per heavy atom. The van der Waals surface area contributed by atoms with Gasteiger partial charge in [0.05, 0.1) is 12.0 Å². The third-order valence-corrected chi connectivity index (χ3v) is 4.85. The van der Waals surface area contributed by atoms with Crippen LogP contribution in [0.5, 0.6) is 0 Å². The number of carbonyl (C=O) groups is 2. The Bertz CT molecular complexity index is 751. The number of aliphatic carboxylic acids is 1. The van der Waals surface area contributed by atoms with Crippen LogP contribution in [0, 0.1) is 5.92 Å². The second kappa shape index (κ2) is 9.76. The summed E-state index contributed by atoms with van der Waals surface area (Å²) in [5.41, 5.74) is 3.25. The van der Waals surface area contributed by atoms with Gasteiger partial charge in [-0.05, 0) is 54.4 Å². The lowest BCUT2D eigenvalue weighted by Gasteiger charge is -2.17. The molecule has 0 aromatic heterocycles. The molecule has 2 rings (SSSR count). The topological polar surface area (TPSA) is 74.6 Å². The van der Waals surface area contributed by atoms with Crippen molar-refractivity contribution in [2.24, 2.45) is 5.92 Å². The largest absolute Gasteiger partial charge is 0.481 e. The fraction of sp³-hybridized carbons (Fsp3) is 0.364. The number of hydrogen-bond acceptors (Lipinski definition) is 2. The summed E-state index contributed by atoms with van der Waals surface area (Å²) in [5.74, 6) is -1.27. The smallest absolute Gasteiger partial charge is 0.335 e. The Morgan fingerprint density at radius 2 is 1.54 bits per heavy atom. The number of carboxylic acids is 2. The van der Waals surface area contributed by atoms with E-state index in [1.807, 2.05) is 36.4 Å². The lowest BCUT2D eigenvalue weighted by atomic mass is 9.88.